The molecule has 0 amide bonds. The Morgan fingerprint density at radius 3 is 2.39 bits per heavy atom. The van der Waals surface area contributed by atoms with Crippen LogP contribution in [0.25, 0.3) is 28.7 Å². The lowest BCUT2D eigenvalue weighted by Crippen LogP contribution is -2.22. The molecule has 154 valence electrons. The normalized spacial score (nSPS) is 11.5. The van der Waals surface area contributed by atoms with Crippen molar-refractivity contribution in [1.29, 1.82) is 0 Å². The van der Waals surface area contributed by atoms with E-state index >= 15 is 0 Å². The highest BCUT2D eigenvalue weighted by Gasteiger charge is 2.16. The van der Waals surface area contributed by atoms with Crippen molar-refractivity contribution in [2.45, 2.75) is 19.8 Å². The fourth-order valence-corrected chi connectivity index (χ4v) is 3.57. The minimum atomic E-state index is -0.360. The molecule has 4 rings (SSSR count). The summed E-state index contributed by atoms with van der Waals surface area (Å²) in [6.45, 7) is 3.85. The number of fused-ring (bicyclic) bond motifs is 1. The quantitative estimate of drug-likeness (QED) is 0.317. The van der Waals surface area contributed by atoms with Crippen LogP contribution in [0.4, 0.5) is 5.69 Å². The molecular formula is C25H21N3O3. The number of aromatic nitrogens is 2. The van der Waals surface area contributed by atoms with Crippen molar-refractivity contribution in [3.05, 3.63) is 110 Å². The third kappa shape index (κ3) is 4.00. The Morgan fingerprint density at radius 1 is 0.968 bits per heavy atom. The molecule has 6 heteroatoms. The van der Waals surface area contributed by atoms with Gasteiger partial charge in [-0.2, -0.15) is 0 Å². The van der Waals surface area contributed by atoms with Crippen LogP contribution in [0.1, 0.15) is 36.7 Å². The van der Waals surface area contributed by atoms with E-state index in [1.165, 1.54) is 0 Å². The molecule has 0 aliphatic carbocycles. The van der Waals surface area contributed by atoms with E-state index in [1.54, 1.807) is 41.0 Å². The topological polar surface area (TPSA) is 78.0 Å². The molecule has 1 heterocycles. The van der Waals surface area contributed by atoms with Crippen LogP contribution in [0.5, 0.6) is 0 Å². The summed E-state index contributed by atoms with van der Waals surface area (Å²) in [4.78, 5) is 29.0. The van der Waals surface area contributed by atoms with Crippen LogP contribution >= 0.6 is 0 Å². The van der Waals surface area contributed by atoms with Crippen LogP contribution in [0.15, 0.2) is 77.6 Å². The highest BCUT2D eigenvalue weighted by Crippen LogP contribution is 2.28. The Bertz CT molecular complexity index is 1360. The van der Waals surface area contributed by atoms with E-state index in [9.17, 15) is 14.9 Å². The maximum atomic E-state index is 13.2. The highest BCUT2D eigenvalue weighted by atomic mass is 16.6. The fraction of sp³-hybridized carbons (Fsp3) is 0.120. The van der Waals surface area contributed by atoms with Crippen LogP contribution in [0.3, 0.4) is 0 Å². The van der Waals surface area contributed by atoms with Crippen LogP contribution in [-0.4, -0.2) is 14.5 Å². The predicted molar refractivity (Wildman–Crippen MR) is 123 cm³/mol. The number of para-hydroxylation sites is 2. The van der Waals surface area contributed by atoms with Gasteiger partial charge in [0.25, 0.3) is 11.2 Å². The summed E-state index contributed by atoms with van der Waals surface area (Å²) >= 11 is 0. The molecule has 31 heavy (non-hydrogen) atoms. The summed E-state index contributed by atoms with van der Waals surface area (Å²) in [6.07, 6.45) is 3.46. The number of hydrogen-bond acceptors (Lipinski definition) is 4. The van der Waals surface area contributed by atoms with E-state index in [2.05, 4.69) is 4.98 Å². The summed E-state index contributed by atoms with van der Waals surface area (Å²) in [5, 5.41) is 12.0. The number of benzene rings is 3. The fourth-order valence-electron chi connectivity index (χ4n) is 3.57. The minimum absolute atomic E-state index is 0.0452. The molecule has 0 radical (unpaired) electrons. The van der Waals surface area contributed by atoms with Crippen LogP contribution in [0, 0.1) is 10.1 Å². The maximum absolute atomic E-state index is 13.2. The molecule has 0 bridgehead atoms. The Morgan fingerprint density at radius 2 is 1.68 bits per heavy atom. The van der Waals surface area contributed by atoms with Gasteiger partial charge < -0.3 is 0 Å². The van der Waals surface area contributed by atoms with Gasteiger partial charge in [0.2, 0.25) is 0 Å². The van der Waals surface area contributed by atoms with E-state index in [0.29, 0.717) is 33.5 Å². The van der Waals surface area contributed by atoms with Gasteiger partial charge in [0, 0.05) is 11.6 Å². The first kappa shape index (κ1) is 20.2. The molecule has 0 fully saturated rings. The molecule has 0 aliphatic rings. The molecule has 3 aromatic carbocycles. The monoisotopic (exact) mass is 411 g/mol. The molecule has 0 saturated heterocycles. The predicted octanol–water partition coefficient (Wildman–Crippen LogP) is 5.59. The lowest BCUT2D eigenvalue weighted by atomic mass is 9.99. The Hall–Kier alpha value is -4.06. The second-order valence-electron chi connectivity index (χ2n) is 7.53. The Labute approximate surface area is 179 Å². The molecule has 1 aromatic heterocycles. The number of nitrogens with zero attached hydrogens (tertiary/aromatic N) is 3. The first-order chi connectivity index (χ1) is 15.0. The third-order valence-corrected chi connectivity index (χ3v) is 5.11. The first-order valence-corrected chi connectivity index (χ1v) is 9.99. The molecule has 4 aromatic rings. The summed E-state index contributed by atoms with van der Waals surface area (Å²) < 4.78 is 1.55. The van der Waals surface area contributed by atoms with Gasteiger partial charge in [0.1, 0.15) is 5.82 Å². The van der Waals surface area contributed by atoms with Crippen LogP contribution < -0.4 is 5.56 Å². The third-order valence-electron chi connectivity index (χ3n) is 5.11. The summed E-state index contributed by atoms with van der Waals surface area (Å²) in [7, 11) is 0. The zero-order valence-corrected chi connectivity index (χ0v) is 17.2. The van der Waals surface area contributed by atoms with Crippen molar-refractivity contribution in [2.24, 2.45) is 0 Å². The summed E-state index contributed by atoms with van der Waals surface area (Å²) in [5.41, 5.74) is 2.57. The molecule has 0 saturated carbocycles. The minimum Gasteiger partial charge on any atom is -0.268 e. The molecular weight excluding hydrogens is 390 g/mol. The zero-order chi connectivity index (χ0) is 22.0. The average Bonchev–Trinajstić information content (AvgIpc) is 2.78. The molecule has 0 N–H and O–H groups in total. The zero-order valence-electron chi connectivity index (χ0n) is 17.2. The van der Waals surface area contributed by atoms with Gasteiger partial charge in [-0.25, -0.2) is 4.98 Å². The van der Waals surface area contributed by atoms with Crippen molar-refractivity contribution >= 4 is 28.7 Å². The first-order valence-electron chi connectivity index (χ1n) is 9.99. The van der Waals surface area contributed by atoms with Gasteiger partial charge in [-0.1, -0.05) is 62.4 Å². The van der Waals surface area contributed by atoms with Gasteiger partial charge in [0.05, 0.1) is 21.5 Å². The van der Waals surface area contributed by atoms with E-state index in [-0.39, 0.29) is 22.1 Å². The van der Waals surface area contributed by atoms with Crippen LogP contribution in [0.2, 0.25) is 0 Å². The molecule has 0 atom stereocenters. The van der Waals surface area contributed by atoms with Crippen molar-refractivity contribution in [2.75, 3.05) is 0 Å². The lowest BCUT2D eigenvalue weighted by molar-refractivity contribution is -0.385. The number of rotatable bonds is 5. The van der Waals surface area contributed by atoms with Gasteiger partial charge in [-0.05, 0) is 41.8 Å². The Kier molecular flexibility index (Phi) is 5.45. The van der Waals surface area contributed by atoms with Crippen molar-refractivity contribution in [1.82, 2.24) is 9.55 Å². The number of nitro groups is 1. The van der Waals surface area contributed by atoms with Gasteiger partial charge in [-0.3, -0.25) is 19.5 Å². The molecule has 0 unspecified atom stereocenters. The average molecular weight is 411 g/mol. The molecule has 6 nitrogen and oxygen atoms in total. The smallest absolute Gasteiger partial charge is 0.268 e. The van der Waals surface area contributed by atoms with E-state index in [4.69, 9.17) is 0 Å². The van der Waals surface area contributed by atoms with Crippen molar-refractivity contribution in [3.63, 3.8) is 0 Å². The highest BCUT2D eigenvalue weighted by molar-refractivity contribution is 5.80. The second kappa shape index (κ2) is 8.36. The lowest BCUT2D eigenvalue weighted by Gasteiger charge is -2.11. The number of hydrogen-bond donors (Lipinski definition) is 0. The second-order valence-corrected chi connectivity index (χ2v) is 7.53. The van der Waals surface area contributed by atoms with Crippen LogP contribution in [-0.2, 0) is 0 Å². The Balaban J connectivity index is 1.87. The summed E-state index contributed by atoms with van der Waals surface area (Å²) in [5.74, 6) is 0.495. The SMILES string of the molecule is CC(C)c1ccc(/C=C/c2nc3ccccc3c(=O)n2-c2ccccc2)cc1[N+](=O)[O-]. The maximum Gasteiger partial charge on any atom is 0.273 e. The van der Waals surface area contributed by atoms with E-state index in [0.717, 1.165) is 0 Å². The summed E-state index contributed by atoms with van der Waals surface area (Å²) in [6, 6.07) is 21.7. The van der Waals surface area contributed by atoms with E-state index < -0.39 is 0 Å². The van der Waals surface area contributed by atoms with Gasteiger partial charge in [0.15, 0.2) is 0 Å². The molecule has 0 spiro atoms. The standard InChI is InChI=1S/C25H21N3O3/c1-17(2)20-14-12-18(16-23(20)28(30)31)13-15-24-26-22-11-7-6-10-21(22)25(29)27(24)19-8-4-3-5-9-19/h3-17H,1-2H3/b15-13+. The molecule has 0 aliphatic heterocycles. The van der Waals surface area contributed by atoms with Crippen molar-refractivity contribution in [3.8, 4) is 5.69 Å². The van der Waals surface area contributed by atoms with Gasteiger partial charge in [-0.15, -0.1) is 0 Å². The number of nitro benzene ring substituents is 1. The van der Waals surface area contributed by atoms with Gasteiger partial charge >= 0.3 is 0 Å². The van der Waals surface area contributed by atoms with E-state index in [1.807, 2.05) is 62.4 Å². The van der Waals surface area contributed by atoms with Crippen molar-refractivity contribution < 1.29 is 4.92 Å². The largest absolute Gasteiger partial charge is 0.273 e.